The third kappa shape index (κ3) is 6.03. The number of halogens is 2. The first-order valence-corrected chi connectivity index (χ1v) is 4.24. The van der Waals surface area contributed by atoms with Gasteiger partial charge < -0.3 is 0 Å². The Labute approximate surface area is 64.3 Å². The molecular weight excluding hydrogens is 183 g/mol. The van der Waals surface area contributed by atoms with Crippen molar-refractivity contribution >= 4 is 15.9 Å². The highest BCUT2D eigenvalue weighted by Crippen LogP contribution is 2.06. The lowest BCUT2D eigenvalue weighted by Crippen LogP contribution is -1.99. The van der Waals surface area contributed by atoms with Crippen molar-refractivity contribution < 1.29 is 4.39 Å². The molecule has 0 rings (SSSR count). The van der Waals surface area contributed by atoms with Crippen molar-refractivity contribution in [2.24, 2.45) is 0 Å². The first-order chi connectivity index (χ1) is 4.31. The maximum absolute atomic E-state index is 12.4. The maximum Gasteiger partial charge on any atom is 0.110 e. The van der Waals surface area contributed by atoms with Crippen LogP contribution in [0.25, 0.3) is 0 Å². The number of allylic oxidation sites excluding steroid dienone is 1. The standard InChI is InChI=1S/C7H12BrF/c1-2-3-4-5-7(9)6-8/h2,7H,1,3-6H2/t7-/m0/s1. The van der Waals surface area contributed by atoms with E-state index in [1.165, 1.54) is 0 Å². The minimum Gasteiger partial charge on any atom is -0.247 e. The van der Waals surface area contributed by atoms with Crippen molar-refractivity contribution in [3.8, 4) is 0 Å². The molecule has 0 aromatic rings. The van der Waals surface area contributed by atoms with Gasteiger partial charge in [-0.2, -0.15) is 0 Å². The van der Waals surface area contributed by atoms with Gasteiger partial charge in [0.25, 0.3) is 0 Å². The molecule has 0 aliphatic carbocycles. The topological polar surface area (TPSA) is 0 Å². The van der Waals surface area contributed by atoms with Gasteiger partial charge in [-0.05, 0) is 19.3 Å². The molecule has 0 nitrogen and oxygen atoms in total. The molecule has 0 bridgehead atoms. The van der Waals surface area contributed by atoms with Gasteiger partial charge in [-0.3, -0.25) is 0 Å². The molecule has 0 aliphatic heterocycles. The number of hydrogen-bond donors (Lipinski definition) is 0. The van der Waals surface area contributed by atoms with Crippen LogP contribution in [0.3, 0.4) is 0 Å². The second kappa shape index (κ2) is 6.27. The van der Waals surface area contributed by atoms with Crippen LogP contribution in [-0.2, 0) is 0 Å². The van der Waals surface area contributed by atoms with Crippen LogP contribution in [0.15, 0.2) is 12.7 Å². The van der Waals surface area contributed by atoms with E-state index in [0.717, 1.165) is 12.8 Å². The Kier molecular flexibility index (Phi) is 6.38. The summed E-state index contributed by atoms with van der Waals surface area (Å²) in [6.45, 7) is 3.55. The Morgan fingerprint density at radius 2 is 2.33 bits per heavy atom. The highest BCUT2D eigenvalue weighted by atomic mass is 79.9. The molecular formula is C7H12BrF. The van der Waals surface area contributed by atoms with E-state index in [9.17, 15) is 4.39 Å². The number of rotatable bonds is 5. The zero-order valence-corrected chi connectivity index (χ0v) is 7.03. The highest BCUT2D eigenvalue weighted by molar-refractivity contribution is 9.09. The van der Waals surface area contributed by atoms with Crippen LogP contribution >= 0.6 is 15.9 Å². The Morgan fingerprint density at radius 3 is 2.78 bits per heavy atom. The summed E-state index contributed by atoms with van der Waals surface area (Å²) in [5, 5.41) is 0.462. The molecule has 0 heterocycles. The largest absolute Gasteiger partial charge is 0.247 e. The lowest BCUT2D eigenvalue weighted by Gasteiger charge is -2.00. The lowest BCUT2D eigenvalue weighted by molar-refractivity contribution is 0.343. The summed E-state index contributed by atoms with van der Waals surface area (Å²) in [7, 11) is 0. The van der Waals surface area contributed by atoms with Gasteiger partial charge in [0.1, 0.15) is 6.17 Å². The van der Waals surface area contributed by atoms with Crippen LogP contribution < -0.4 is 0 Å². The van der Waals surface area contributed by atoms with Gasteiger partial charge in [-0.1, -0.05) is 22.0 Å². The molecule has 0 radical (unpaired) electrons. The first-order valence-electron chi connectivity index (χ1n) is 3.12. The molecule has 0 aromatic carbocycles. The summed E-state index contributed by atoms with van der Waals surface area (Å²) in [5.41, 5.74) is 0. The summed E-state index contributed by atoms with van der Waals surface area (Å²) in [5.74, 6) is 0. The summed E-state index contributed by atoms with van der Waals surface area (Å²) >= 11 is 3.07. The second-order valence-corrected chi connectivity index (χ2v) is 2.62. The van der Waals surface area contributed by atoms with E-state index in [1.54, 1.807) is 0 Å². The van der Waals surface area contributed by atoms with Crippen molar-refractivity contribution in [2.45, 2.75) is 25.4 Å². The third-order valence-corrected chi connectivity index (χ3v) is 1.80. The molecule has 0 aliphatic rings. The Balaban J connectivity index is 2.96. The van der Waals surface area contributed by atoms with Gasteiger partial charge in [-0.25, -0.2) is 4.39 Å². The molecule has 0 saturated heterocycles. The molecule has 2 heteroatoms. The summed E-state index contributed by atoms with van der Waals surface area (Å²) < 4.78 is 12.4. The molecule has 1 atom stereocenters. The van der Waals surface area contributed by atoms with Crippen molar-refractivity contribution in [1.82, 2.24) is 0 Å². The summed E-state index contributed by atoms with van der Waals surface area (Å²) in [6, 6.07) is 0. The van der Waals surface area contributed by atoms with E-state index in [1.807, 2.05) is 6.08 Å². The number of alkyl halides is 2. The van der Waals surface area contributed by atoms with E-state index in [4.69, 9.17) is 0 Å². The fraction of sp³-hybridized carbons (Fsp3) is 0.714. The van der Waals surface area contributed by atoms with E-state index < -0.39 is 6.17 Å². The normalized spacial score (nSPS) is 13.1. The van der Waals surface area contributed by atoms with Crippen LogP contribution in [0.2, 0.25) is 0 Å². The zero-order chi connectivity index (χ0) is 7.11. The molecule has 0 aromatic heterocycles. The van der Waals surface area contributed by atoms with Gasteiger partial charge in [-0.15, -0.1) is 6.58 Å². The fourth-order valence-electron chi connectivity index (χ4n) is 0.561. The molecule has 0 unspecified atom stereocenters. The fourth-order valence-corrected chi connectivity index (χ4v) is 0.885. The predicted molar refractivity (Wildman–Crippen MR) is 42.7 cm³/mol. The van der Waals surface area contributed by atoms with Gasteiger partial charge in [0.2, 0.25) is 0 Å². The molecule has 0 amide bonds. The van der Waals surface area contributed by atoms with Crippen molar-refractivity contribution in [3.63, 3.8) is 0 Å². The van der Waals surface area contributed by atoms with Gasteiger partial charge >= 0.3 is 0 Å². The van der Waals surface area contributed by atoms with Crippen LogP contribution in [0.1, 0.15) is 19.3 Å². The minimum atomic E-state index is -0.676. The molecule has 0 spiro atoms. The zero-order valence-electron chi connectivity index (χ0n) is 5.45. The average Bonchev–Trinajstić information content (AvgIpc) is 1.89. The molecule has 54 valence electrons. The minimum absolute atomic E-state index is 0.462. The van der Waals surface area contributed by atoms with Gasteiger partial charge in [0.15, 0.2) is 0 Å². The van der Waals surface area contributed by atoms with Gasteiger partial charge in [0.05, 0.1) is 0 Å². The van der Waals surface area contributed by atoms with Crippen molar-refractivity contribution in [1.29, 1.82) is 0 Å². The molecule has 9 heavy (non-hydrogen) atoms. The third-order valence-electron chi connectivity index (χ3n) is 1.09. The van der Waals surface area contributed by atoms with Crippen molar-refractivity contribution in [3.05, 3.63) is 12.7 Å². The molecule has 0 N–H and O–H groups in total. The highest BCUT2D eigenvalue weighted by Gasteiger charge is 2.00. The van der Waals surface area contributed by atoms with Crippen LogP contribution in [-0.4, -0.2) is 11.5 Å². The van der Waals surface area contributed by atoms with E-state index >= 15 is 0 Å². The Bertz CT molecular complexity index is 73.3. The predicted octanol–water partition coefficient (Wildman–Crippen LogP) is 3.08. The Hall–Kier alpha value is 0.150. The van der Waals surface area contributed by atoms with E-state index in [2.05, 4.69) is 22.5 Å². The van der Waals surface area contributed by atoms with E-state index in [0.29, 0.717) is 11.8 Å². The smallest absolute Gasteiger partial charge is 0.110 e. The lowest BCUT2D eigenvalue weighted by atomic mass is 10.2. The Morgan fingerprint density at radius 1 is 1.67 bits per heavy atom. The quantitative estimate of drug-likeness (QED) is 0.359. The summed E-state index contributed by atoms with van der Waals surface area (Å²) in [4.78, 5) is 0. The number of hydrogen-bond acceptors (Lipinski definition) is 0. The summed E-state index contributed by atoms with van der Waals surface area (Å²) in [6.07, 6.45) is 3.63. The molecule has 0 saturated carbocycles. The maximum atomic E-state index is 12.4. The number of unbranched alkanes of at least 4 members (excludes halogenated alkanes) is 1. The second-order valence-electron chi connectivity index (χ2n) is 1.97. The SMILES string of the molecule is C=CCCC[C@H](F)CBr. The van der Waals surface area contributed by atoms with Gasteiger partial charge in [0, 0.05) is 5.33 Å². The van der Waals surface area contributed by atoms with E-state index in [-0.39, 0.29) is 0 Å². The molecule has 0 fully saturated rings. The van der Waals surface area contributed by atoms with Crippen LogP contribution in [0.5, 0.6) is 0 Å². The monoisotopic (exact) mass is 194 g/mol. The van der Waals surface area contributed by atoms with Crippen molar-refractivity contribution in [2.75, 3.05) is 5.33 Å². The van der Waals surface area contributed by atoms with Crippen LogP contribution in [0.4, 0.5) is 4.39 Å². The first kappa shape index (κ1) is 9.15. The van der Waals surface area contributed by atoms with Crippen LogP contribution in [0, 0.1) is 0 Å². The average molecular weight is 195 g/mol.